The third-order valence-corrected chi connectivity index (χ3v) is 6.58. The largest absolute Gasteiger partial charge is 0.345 e. The molecule has 1 unspecified atom stereocenters. The van der Waals surface area contributed by atoms with Crippen LogP contribution in [0.4, 0.5) is 4.39 Å². The Balaban J connectivity index is 1.64. The smallest absolute Gasteiger partial charge is 0.243 e. The van der Waals surface area contributed by atoms with Crippen LogP contribution < -0.4 is 5.32 Å². The normalized spacial score (nSPS) is 16.8. The van der Waals surface area contributed by atoms with Gasteiger partial charge in [-0.15, -0.1) is 11.3 Å². The van der Waals surface area contributed by atoms with Crippen LogP contribution in [0.25, 0.3) is 10.7 Å². The van der Waals surface area contributed by atoms with Crippen molar-refractivity contribution in [1.82, 2.24) is 20.1 Å². The number of hydrogen-bond donors (Lipinski definition) is 2. The quantitative estimate of drug-likeness (QED) is 0.578. The number of aromatic nitrogens is 3. The van der Waals surface area contributed by atoms with E-state index < -0.39 is 11.6 Å². The highest BCUT2D eigenvalue weighted by Crippen LogP contribution is 2.39. The molecule has 2 N–H and O–H groups in total. The van der Waals surface area contributed by atoms with E-state index in [0.717, 1.165) is 36.1 Å². The molecule has 0 saturated heterocycles. The number of thiophene rings is 1. The summed E-state index contributed by atoms with van der Waals surface area (Å²) in [4.78, 5) is 14.2. The topological polar surface area (TPSA) is 62.7 Å². The van der Waals surface area contributed by atoms with Crippen molar-refractivity contribution in [1.29, 1.82) is 0 Å². The zero-order valence-electron chi connectivity index (χ0n) is 15.4. The van der Waals surface area contributed by atoms with Crippen LogP contribution in [-0.2, 0) is 10.3 Å². The molecule has 0 bridgehead atoms. The molecular formula is C20H21FN4OS2. The summed E-state index contributed by atoms with van der Waals surface area (Å²) in [5.41, 5.74) is 0.481. The van der Waals surface area contributed by atoms with E-state index in [4.69, 9.17) is 12.2 Å². The second-order valence-corrected chi connectivity index (χ2v) is 8.50. The van der Waals surface area contributed by atoms with Crippen LogP contribution >= 0.6 is 23.6 Å². The summed E-state index contributed by atoms with van der Waals surface area (Å²) in [6, 6.07) is 9.81. The van der Waals surface area contributed by atoms with E-state index in [1.807, 2.05) is 24.4 Å². The highest BCUT2D eigenvalue weighted by Gasteiger charge is 2.38. The number of aromatic amines is 1. The number of carbonyl (C=O) groups is 1. The zero-order chi connectivity index (χ0) is 19.7. The summed E-state index contributed by atoms with van der Waals surface area (Å²) in [5.74, 6) is 0.258. The lowest BCUT2D eigenvalue weighted by molar-refractivity contribution is -0.126. The van der Waals surface area contributed by atoms with E-state index in [9.17, 15) is 9.18 Å². The van der Waals surface area contributed by atoms with Gasteiger partial charge >= 0.3 is 0 Å². The first-order valence-corrected chi connectivity index (χ1v) is 10.6. The van der Waals surface area contributed by atoms with Crippen molar-refractivity contribution < 1.29 is 9.18 Å². The molecule has 0 radical (unpaired) electrons. The van der Waals surface area contributed by atoms with Crippen LogP contribution in [0, 0.1) is 10.6 Å². The molecule has 1 aliphatic carbocycles. The summed E-state index contributed by atoms with van der Waals surface area (Å²) < 4.78 is 15.6. The molecule has 1 fully saturated rings. The highest BCUT2D eigenvalue weighted by atomic mass is 32.1. The van der Waals surface area contributed by atoms with Crippen molar-refractivity contribution in [3.63, 3.8) is 0 Å². The molecule has 1 aliphatic rings. The molecule has 5 nitrogen and oxygen atoms in total. The second kappa shape index (κ2) is 7.60. The molecule has 2 heterocycles. The standard InChI is InChI=1S/C20H21FN4OS2/c1-13(25-17(23-24-19(25)27)16-5-4-12-28-16)18(26)22-20(10-2-3-11-20)14-6-8-15(21)9-7-14/h4-9,12-13H,2-3,10-11H2,1H3,(H,22,26)(H,24,27). The van der Waals surface area contributed by atoms with Gasteiger partial charge < -0.3 is 5.32 Å². The summed E-state index contributed by atoms with van der Waals surface area (Å²) in [6.07, 6.45) is 3.73. The predicted molar refractivity (Wildman–Crippen MR) is 110 cm³/mol. The number of rotatable bonds is 5. The van der Waals surface area contributed by atoms with Gasteiger partial charge in [0.1, 0.15) is 11.9 Å². The van der Waals surface area contributed by atoms with Gasteiger partial charge in [-0.3, -0.25) is 14.5 Å². The number of H-pyrrole nitrogens is 1. The van der Waals surface area contributed by atoms with E-state index in [0.29, 0.717) is 10.6 Å². The van der Waals surface area contributed by atoms with Gasteiger partial charge in [0.05, 0.1) is 10.4 Å². The molecule has 28 heavy (non-hydrogen) atoms. The van der Waals surface area contributed by atoms with Crippen LogP contribution in [0.5, 0.6) is 0 Å². The first-order valence-electron chi connectivity index (χ1n) is 9.29. The first-order chi connectivity index (χ1) is 13.5. The lowest BCUT2D eigenvalue weighted by Gasteiger charge is -2.32. The Kier molecular flexibility index (Phi) is 5.16. The van der Waals surface area contributed by atoms with Crippen LogP contribution in [0.3, 0.4) is 0 Å². The lowest BCUT2D eigenvalue weighted by atomic mass is 9.87. The molecule has 1 aromatic carbocycles. The van der Waals surface area contributed by atoms with Crippen LogP contribution in [0.15, 0.2) is 41.8 Å². The SMILES string of the molecule is CC(C(=O)NC1(c2ccc(F)cc2)CCCC1)n1c(-c2cccs2)n[nH]c1=S. The predicted octanol–water partition coefficient (Wildman–Crippen LogP) is 4.95. The van der Waals surface area contributed by atoms with Crippen molar-refractivity contribution in [2.75, 3.05) is 0 Å². The lowest BCUT2D eigenvalue weighted by Crippen LogP contribution is -2.46. The fraction of sp³-hybridized carbons (Fsp3) is 0.350. The minimum atomic E-state index is -0.527. The number of nitrogens with one attached hydrogen (secondary N) is 2. The summed E-state index contributed by atoms with van der Waals surface area (Å²) in [7, 11) is 0. The van der Waals surface area contributed by atoms with E-state index in [1.165, 1.54) is 12.1 Å². The minimum absolute atomic E-state index is 0.124. The molecule has 4 rings (SSSR count). The number of amides is 1. The molecule has 146 valence electrons. The minimum Gasteiger partial charge on any atom is -0.345 e. The first kappa shape index (κ1) is 19.0. The molecule has 1 amide bonds. The van der Waals surface area contributed by atoms with Gasteiger partial charge in [-0.25, -0.2) is 4.39 Å². The molecule has 0 spiro atoms. The number of halogens is 1. The summed E-state index contributed by atoms with van der Waals surface area (Å²) in [5, 5.41) is 12.3. The Morgan fingerprint density at radius 3 is 2.68 bits per heavy atom. The average molecular weight is 417 g/mol. The van der Waals surface area contributed by atoms with Gasteiger partial charge in [-0.1, -0.05) is 31.0 Å². The third kappa shape index (κ3) is 3.42. The average Bonchev–Trinajstić information content (AvgIpc) is 3.42. The van der Waals surface area contributed by atoms with Crippen molar-refractivity contribution >= 4 is 29.5 Å². The molecule has 1 atom stereocenters. The van der Waals surface area contributed by atoms with Crippen LogP contribution in [0.2, 0.25) is 0 Å². The zero-order valence-corrected chi connectivity index (χ0v) is 17.1. The van der Waals surface area contributed by atoms with E-state index in [-0.39, 0.29) is 11.7 Å². The van der Waals surface area contributed by atoms with Crippen LogP contribution in [0.1, 0.15) is 44.2 Å². The van der Waals surface area contributed by atoms with E-state index in [1.54, 1.807) is 28.0 Å². The molecule has 2 aromatic heterocycles. The Morgan fingerprint density at radius 2 is 2.04 bits per heavy atom. The summed E-state index contributed by atoms with van der Waals surface area (Å²) >= 11 is 6.93. The maximum Gasteiger partial charge on any atom is 0.243 e. The van der Waals surface area contributed by atoms with Gasteiger partial charge in [0.2, 0.25) is 5.91 Å². The van der Waals surface area contributed by atoms with Crippen molar-refractivity contribution in [2.24, 2.45) is 0 Å². The number of benzene rings is 1. The maximum atomic E-state index is 13.4. The van der Waals surface area contributed by atoms with Gasteiger partial charge in [-0.2, -0.15) is 5.10 Å². The maximum absolute atomic E-state index is 13.4. The fourth-order valence-corrected chi connectivity index (χ4v) is 4.93. The second-order valence-electron chi connectivity index (χ2n) is 7.16. The monoisotopic (exact) mass is 416 g/mol. The van der Waals surface area contributed by atoms with Gasteiger partial charge in [0.15, 0.2) is 10.6 Å². The molecule has 3 aromatic rings. The van der Waals surface area contributed by atoms with Crippen LogP contribution in [-0.4, -0.2) is 20.7 Å². The fourth-order valence-electron chi connectivity index (χ4n) is 3.93. The summed E-state index contributed by atoms with van der Waals surface area (Å²) in [6.45, 7) is 1.82. The molecular weight excluding hydrogens is 395 g/mol. The number of nitrogens with zero attached hydrogens (tertiary/aromatic N) is 2. The highest BCUT2D eigenvalue weighted by molar-refractivity contribution is 7.71. The molecule has 0 aliphatic heterocycles. The van der Waals surface area contributed by atoms with Crippen molar-refractivity contribution in [2.45, 2.75) is 44.2 Å². The van der Waals surface area contributed by atoms with Crippen molar-refractivity contribution in [3.8, 4) is 10.7 Å². The van der Waals surface area contributed by atoms with Gasteiger partial charge in [0.25, 0.3) is 0 Å². The Bertz CT molecular complexity index is 1020. The molecule has 1 saturated carbocycles. The number of hydrogen-bond acceptors (Lipinski definition) is 4. The van der Waals surface area contributed by atoms with Gasteiger partial charge in [0, 0.05) is 0 Å². The Hall–Kier alpha value is -2.32. The number of carbonyl (C=O) groups excluding carboxylic acids is 1. The van der Waals surface area contributed by atoms with E-state index >= 15 is 0 Å². The van der Waals surface area contributed by atoms with Gasteiger partial charge in [-0.05, 0) is 61.1 Å². The van der Waals surface area contributed by atoms with E-state index in [2.05, 4.69) is 15.5 Å². The Morgan fingerprint density at radius 1 is 1.32 bits per heavy atom. The third-order valence-electron chi connectivity index (χ3n) is 5.43. The Labute approximate surface area is 171 Å². The van der Waals surface area contributed by atoms with Crippen molar-refractivity contribution in [3.05, 3.63) is 57.9 Å². The molecule has 8 heteroatoms.